The van der Waals surface area contributed by atoms with Gasteiger partial charge < -0.3 is 9.90 Å². The smallest absolute Gasteiger partial charge is 1.00 e. The van der Waals surface area contributed by atoms with Gasteiger partial charge in [-0.25, -0.2) is 0 Å². The molecular formula is C30H60Na2O2. The van der Waals surface area contributed by atoms with Crippen molar-refractivity contribution in [3.05, 3.63) is 0 Å². The van der Waals surface area contributed by atoms with Gasteiger partial charge in [0.1, 0.15) is 0 Å². The van der Waals surface area contributed by atoms with Gasteiger partial charge >= 0.3 is 132 Å². The number of hydrogen-bond acceptors (Lipinski definition) is 2. The molecule has 0 unspecified atom stereocenters. The summed E-state index contributed by atoms with van der Waals surface area (Å²) in [7, 11) is 0. The van der Waals surface area contributed by atoms with Gasteiger partial charge in [0.2, 0.25) is 0 Å². The standard InChI is InChI=1S/C18H36O2.C12H25.2Na/c1-2-3-4-5-6-7-8-9-10-11-12-13-14-15-16-17-18(19)20;1-3-5-7-9-11-12-10-8-6-4-2;;/h2-17H2,1H3,(H,19,20);1,3-12H2,2H3;;/q;;;+1/p-1. The number of carboxylic acid groups (broad SMARTS) is 1. The molecule has 0 saturated carbocycles. The molecular weight excluding hydrogens is 438 g/mol. The van der Waals surface area contributed by atoms with Crippen molar-refractivity contribution in [3.63, 3.8) is 0 Å². The molecule has 0 aliphatic rings. The van der Waals surface area contributed by atoms with Crippen molar-refractivity contribution in [2.45, 2.75) is 184 Å². The molecule has 0 radical (unpaired) electrons. The van der Waals surface area contributed by atoms with Crippen LogP contribution in [0, 0.1) is 0 Å². The second kappa shape index (κ2) is 39.0. The fourth-order valence-corrected chi connectivity index (χ4v) is 4.88. The topological polar surface area (TPSA) is 40.1 Å². The molecule has 0 aromatic heterocycles. The molecule has 0 N–H and O–H groups in total. The Morgan fingerprint density at radius 3 is 0.941 bits per heavy atom. The van der Waals surface area contributed by atoms with Crippen LogP contribution in [-0.2, 0) is 4.79 Å². The van der Waals surface area contributed by atoms with E-state index in [-0.39, 0.29) is 36.0 Å². The van der Waals surface area contributed by atoms with Crippen molar-refractivity contribution in [1.29, 1.82) is 0 Å². The first-order valence-corrected chi connectivity index (χ1v) is 16.8. The minimum Gasteiger partial charge on any atom is 1.00 e. The van der Waals surface area contributed by atoms with Crippen LogP contribution in [0.1, 0.15) is 181 Å². The molecule has 0 fully saturated rings. The zero-order valence-corrected chi connectivity index (χ0v) is 28.4. The molecule has 0 aliphatic heterocycles. The third-order valence-electron chi connectivity index (χ3n) is 6.69. The van der Waals surface area contributed by atoms with E-state index in [1.165, 1.54) is 179 Å². The summed E-state index contributed by atoms with van der Waals surface area (Å²) in [4.78, 5) is 10.2. The Balaban J connectivity index is -0.000000598. The zero-order chi connectivity index (χ0) is 24.7. The fraction of sp³-hybridized carbons (Fsp3) is 0.967. The molecule has 0 atom stereocenters. The number of carboxylic acids is 1. The molecule has 0 bridgehead atoms. The first-order valence-electron chi connectivity index (χ1n) is 15.4. The maximum Gasteiger partial charge on any atom is 1.00 e. The molecule has 0 saturated heterocycles. The molecule has 194 valence electrons. The molecule has 0 aliphatic carbocycles. The Morgan fingerprint density at radius 2 is 0.706 bits per heavy atom. The van der Waals surface area contributed by atoms with Crippen LogP contribution >= 0.6 is 0 Å². The van der Waals surface area contributed by atoms with Crippen LogP contribution < -0.4 is 34.7 Å². The molecule has 2 nitrogen and oxygen atoms in total. The van der Waals surface area contributed by atoms with Crippen LogP contribution in [-0.4, -0.2) is 33.9 Å². The van der Waals surface area contributed by atoms with Gasteiger partial charge in [-0.1, -0.05) is 96.8 Å². The average molecular weight is 499 g/mol. The van der Waals surface area contributed by atoms with E-state index in [2.05, 4.69) is 13.8 Å². The van der Waals surface area contributed by atoms with E-state index in [9.17, 15) is 9.90 Å². The van der Waals surface area contributed by atoms with Crippen molar-refractivity contribution in [2.75, 3.05) is 0 Å². The molecule has 0 rings (SSSR count). The Hall–Kier alpha value is 1.47. The predicted molar refractivity (Wildman–Crippen MR) is 147 cm³/mol. The molecule has 0 spiro atoms. The summed E-state index contributed by atoms with van der Waals surface area (Å²) < 4.78 is 1.51. The SMILES string of the molecule is CCCCCCCCCCCCCCCCCC(=O)[O-].CCCCCCCCCCC[CH2][Na].[Na+]. The summed E-state index contributed by atoms with van der Waals surface area (Å²) in [6.07, 6.45) is 34.6. The predicted octanol–water partition coefficient (Wildman–Crippen LogP) is 6.50. The first kappa shape index (κ1) is 40.0. The van der Waals surface area contributed by atoms with Crippen LogP contribution in [0.4, 0.5) is 0 Å². The van der Waals surface area contributed by atoms with Crippen LogP contribution in [0.15, 0.2) is 0 Å². The van der Waals surface area contributed by atoms with Crippen molar-refractivity contribution >= 4 is 33.9 Å². The normalized spacial score (nSPS) is 10.5. The van der Waals surface area contributed by atoms with Gasteiger partial charge in [0.15, 0.2) is 0 Å². The van der Waals surface area contributed by atoms with E-state index in [0.29, 0.717) is 0 Å². The average Bonchev–Trinajstić information content (AvgIpc) is 2.81. The summed E-state index contributed by atoms with van der Waals surface area (Å²) in [6.45, 7) is 4.55. The Morgan fingerprint density at radius 1 is 0.471 bits per heavy atom. The van der Waals surface area contributed by atoms with Gasteiger partial charge in [0.05, 0.1) is 0 Å². The molecule has 0 aromatic carbocycles. The van der Waals surface area contributed by atoms with Crippen LogP contribution in [0.25, 0.3) is 0 Å². The van der Waals surface area contributed by atoms with E-state index >= 15 is 0 Å². The van der Waals surface area contributed by atoms with E-state index in [1.54, 1.807) is 0 Å². The van der Waals surface area contributed by atoms with Crippen LogP contribution in [0.2, 0.25) is 3.67 Å². The van der Waals surface area contributed by atoms with Crippen molar-refractivity contribution in [3.8, 4) is 0 Å². The molecule has 34 heavy (non-hydrogen) atoms. The number of rotatable bonds is 26. The fourth-order valence-electron chi connectivity index (χ4n) is 4.38. The number of hydrogen-bond donors (Lipinski definition) is 0. The van der Waals surface area contributed by atoms with Gasteiger partial charge in [-0.15, -0.1) is 0 Å². The summed E-state index contributed by atoms with van der Waals surface area (Å²) in [5.41, 5.74) is 0. The maximum atomic E-state index is 10.2. The van der Waals surface area contributed by atoms with Crippen molar-refractivity contribution in [2.24, 2.45) is 0 Å². The summed E-state index contributed by atoms with van der Waals surface area (Å²) >= 11 is 1.41. The van der Waals surface area contributed by atoms with E-state index < -0.39 is 5.97 Å². The maximum absolute atomic E-state index is 10.2. The largest absolute Gasteiger partial charge is 1.00 e. The third-order valence-corrected chi connectivity index (χ3v) is 7.40. The van der Waals surface area contributed by atoms with E-state index in [4.69, 9.17) is 0 Å². The Bertz CT molecular complexity index is 341. The summed E-state index contributed by atoms with van der Waals surface area (Å²) in [5, 5.41) is 10.2. The number of carbonyl (C=O) groups excluding carboxylic acids is 1. The van der Waals surface area contributed by atoms with E-state index in [0.717, 1.165) is 12.8 Å². The van der Waals surface area contributed by atoms with E-state index in [1.807, 2.05) is 0 Å². The van der Waals surface area contributed by atoms with Gasteiger partial charge in [0, 0.05) is 5.97 Å². The van der Waals surface area contributed by atoms with Gasteiger partial charge in [-0.05, 0) is 12.8 Å². The quantitative estimate of drug-likeness (QED) is 0.101. The molecule has 0 heterocycles. The summed E-state index contributed by atoms with van der Waals surface area (Å²) in [6, 6.07) is 0. The molecule has 0 aromatic rings. The first-order chi connectivity index (χ1) is 16.2. The van der Waals surface area contributed by atoms with Crippen LogP contribution in [0.3, 0.4) is 0 Å². The Kier molecular flexibility index (Phi) is 45.8. The molecule has 4 heteroatoms. The second-order valence-electron chi connectivity index (χ2n) is 10.3. The van der Waals surface area contributed by atoms with Crippen molar-refractivity contribution in [1.82, 2.24) is 0 Å². The van der Waals surface area contributed by atoms with Crippen LogP contribution in [0.5, 0.6) is 0 Å². The molecule has 0 amide bonds. The number of unbranched alkanes of at least 4 members (excludes halogenated alkanes) is 23. The minimum atomic E-state index is -0.903. The van der Waals surface area contributed by atoms with Gasteiger partial charge in [-0.2, -0.15) is 0 Å². The van der Waals surface area contributed by atoms with Gasteiger partial charge in [0.25, 0.3) is 0 Å². The Labute approximate surface area is 255 Å². The van der Waals surface area contributed by atoms with Crippen molar-refractivity contribution < 1.29 is 39.5 Å². The third kappa shape index (κ3) is 43.5. The number of carbonyl (C=O) groups is 1. The number of aliphatic carboxylic acids is 1. The van der Waals surface area contributed by atoms with Gasteiger partial charge in [-0.3, -0.25) is 0 Å². The summed E-state index contributed by atoms with van der Waals surface area (Å²) in [5.74, 6) is -0.903. The second-order valence-corrected chi connectivity index (χ2v) is 11.3. The minimum absolute atomic E-state index is 0. The zero-order valence-electron chi connectivity index (χ0n) is 24.4. The monoisotopic (exact) mass is 498 g/mol.